The van der Waals surface area contributed by atoms with Crippen LogP contribution in [0.3, 0.4) is 0 Å². The lowest BCUT2D eigenvalue weighted by Gasteiger charge is -2.44. The van der Waals surface area contributed by atoms with Crippen LogP contribution in [0.2, 0.25) is 5.04 Å². The molecule has 0 bridgehead atoms. The molecule has 0 fully saturated rings. The van der Waals surface area contributed by atoms with Gasteiger partial charge in [0.25, 0.3) is 8.32 Å². The quantitative estimate of drug-likeness (QED) is 0.228. The molecule has 43 heavy (non-hydrogen) atoms. The van der Waals surface area contributed by atoms with E-state index in [1.807, 2.05) is 67.6 Å². The summed E-state index contributed by atoms with van der Waals surface area (Å²) < 4.78 is 24.6. The van der Waals surface area contributed by atoms with Crippen LogP contribution in [0.1, 0.15) is 47.1 Å². The van der Waals surface area contributed by atoms with Gasteiger partial charge in [-0.3, -0.25) is 4.79 Å². The van der Waals surface area contributed by atoms with Gasteiger partial charge in [-0.2, -0.15) is 0 Å². The lowest BCUT2D eigenvalue weighted by molar-refractivity contribution is -0.152. The molecular weight excluding hydrogens is 558 g/mol. The average molecular weight is 600 g/mol. The SMILES string of the molecule is COc1ccc(C2=N[C@@]3([C@H](C)O2)[C@H](OC(C)=O)C=C(CO[Si](c2ccccc2)(c2ccccc2)C(C)(C)C)[C@]3(C)O)cc1. The second-order valence-electron chi connectivity index (χ2n) is 12.5. The topological polar surface area (TPSA) is 86.6 Å². The number of nitrogens with zero attached hydrogens (tertiary/aromatic N) is 1. The van der Waals surface area contributed by atoms with Crippen LogP contribution in [-0.4, -0.2) is 62.4 Å². The zero-order valence-corrected chi connectivity index (χ0v) is 27.0. The van der Waals surface area contributed by atoms with Gasteiger partial charge < -0.3 is 23.7 Å². The highest BCUT2D eigenvalue weighted by Gasteiger charge is 2.67. The molecule has 0 radical (unpaired) electrons. The Bertz CT molecular complexity index is 1470. The number of aliphatic hydroxyl groups is 1. The molecule has 5 rings (SSSR count). The number of rotatable bonds is 8. The molecule has 0 aromatic heterocycles. The van der Waals surface area contributed by atoms with Gasteiger partial charge in [-0.05, 0) is 65.2 Å². The molecule has 1 spiro atoms. The van der Waals surface area contributed by atoms with Gasteiger partial charge in [-0.15, -0.1) is 0 Å². The molecule has 3 aromatic carbocycles. The van der Waals surface area contributed by atoms with Crippen molar-refractivity contribution >= 4 is 30.6 Å². The fourth-order valence-corrected chi connectivity index (χ4v) is 11.2. The molecule has 1 heterocycles. The summed E-state index contributed by atoms with van der Waals surface area (Å²) in [6, 6.07) is 28.1. The Balaban J connectivity index is 1.58. The summed E-state index contributed by atoms with van der Waals surface area (Å²) >= 11 is 0. The number of esters is 1. The number of carbonyl (C=O) groups excluding carboxylic acids is 1. The lowest BCUT2D eigenvalue weighted by Crippen LogP contribution is -2.67. The van der Waals surface area contributed by atoms with Gasteiger partial charge in [-0.1, -0.05) is 81.4 Å². The number of hydrogen-bond donors (Lipinski definition) is 1. The summed E-state index contributed by atoms with van der Waals surface area (Å²) in [5.41, 5.74) is -1.52. The zero-order valence-electron chi connectivity index (χ0n) is 26.0. The third-order valence-corrected chi connectivity index (χ3v) is 13.9. The number of aliphatic imine (C=N–C) groups is 1. The summed E-state index contributed by atoms with van der Waals surface area (Å²) in [7, 11) is -1.31. The second kappa shape index (κ2) is 11.4. The van der Waals surface area contributed by atoms with E-state index in [1.54, 1.807) is 20.1 Å². The van der Waals surface area contributed by atoms with E-state index >= 15 is 0 Å². The van der Waals surface area contributed by atoms with Crippen LogP contribution in [0.15, 0.2) is 102 Å². The Morgan fingerprint density at radius 1 is 0.977 bits per heavy atom. The highest BCUT2D eigenvalue weighted by atomic mass is 28.4. The minimum atomic E-state index is -2.92. The van der Waals surface area contributed by atoms with Gasteiger partial charge >= 0.3 is 5.97 Å². The van der Waals surface area contributed by atoms with E-state index in [0.717, 1.165) is 15.9 Å². The number of benzene rings is 3. The lowest BCUT2D eigenvalue weighted by atomic mass is 9.76. The Morgan fingerprint density at radius 2 is 1.53 bits per heavy atom. The second-order valence-corrected chi connectivity index (χ2v) is 16.8. The van der Waals surface area contributed by atoms with Gasteiger partial charge in [0.2, 0.25) is 5.90 Å². The van der Waals surface area contributed by atoms with Crippen LogP contribution >= 0.6 is 0 Å². The summed E-state index contributed by atoms with van der Waals surface area (Å²) in [5, 5.41) is 14.4. The van der Waals surface area contributed by atoms with Gasteiger partial charge in [-0.25, -0.2) is 4.99 Å². The van der Waals surface area contributed by atoms with Crippen molar-refractivity contribution in [3.8, 4) is 5.75 Å². The highest BCUT2D eigenvalue weighted by Crippen LogP contribution is 2.50. The number of carbonyl (C=O) groups is 1. The van der Waals surface area contributed by atoms with Crippen molar-refractivity contribution in [3.05, 3.63) is 102 Å². The number of hydrogen-bond acceptors (Lipinski definition) is 7. The molecular formula is C35H41NO6Si. The number of methoxy groups -OCH3 is 1. The van der Waals surface area contributed by atoms with Crippen molar-refractivity contribution in [1.29, 1.82) is 0 Å². The van der Waals surface area contributed by atoms with E-state index < -0.39 is 37.6 Å². The minimum absolute atomic E-state index is 0.125. The van der Waals surface area contributed by atoms with Crippen molar-refractivity contribution in [2.75, 3.05) is 13.7 Å². The largest absolute Gasteiger partial charge is 0.497 e. The zero-order chi connectivity index (χ0) is 31.0. The fraction of sp³-hybridized carbons (Fsp3) is 0.371. The molecule has 7 nitrogen and oxygen atoms in total. The standard InChI is InChI=1S/C35H41NO6Si/c1-24-35(36-32(41-24)26-18-20-28(39-7)21-19-26)31(42-25(2)37)22-27(34(35,6)38)23-40-43(33(3,4)5,29-14-10-8-11-15-29)30-16-12-9-13-17-30/h8-22,24,31,38H,23H2,1-7H3/t24-,31+,34-,35-/m0/s1. The molecule has 0 unspecified atom stereocenters. The normalized spacial score (nSPS) is 25.2. The summed E-state index contributed by atoms with van der Waals surface area (Å²) in [5.74, 6) is 0.612. The summed E-state index contributed by atoms with van der Waals surface area (Å²) in [6.07, 6.45) is 0.341. The first-order valence-electron chi connectivity index (χ1n) is 14.6. The van der Waals surface area contributed by atoms with E-state index in [0.29, 0.717) is 17.2 Å². The molecule has 0 saturated heterocycles. The first-order valence-corrected chi connectivity index (χ1v) is 16.5. The third-order valence-electron chi connectivity index (χ3n) is 8.88. The van der Waals surface area contributed by atoms with Crippen LogP contribution in [0, 0.1) is 0 Å². The minimum Gasteiger partial charge on any atom is -0.497 e. The van der Waals surface area contributed by atoms with Gasteiger partial charge in [0.15, 0.2) is 11.6 Å². The van der Waals surface area contributed by atoms with Crippen LogP contribution in [-0.2, 0) is 18.7 Å². The van der Waals surface area contributed by atoms with Crippen molar-refractivity contribution in [3.63, 3.8) is 0 Å². The third kappa shape index (κ3) is 5.11. The summed E-state index contributed by atoms with van der Waals surface area (Å²) in [4.78, 5) is 17.3. The maximum Gasteiger partial charge on any atom is 0.303 e. The first kappa shape index (κ1) is 30.7. The molecule has 1 aliphatic heterocycles. The predicted octanol–water partition coefficient (Wildman–Crippen LogP) is 4.80. The average Bonchev–Trinajstić information content (AvgIpc) is 3.44. The number of ether oxygens (including phenoxy) is 3. The highest BCUT2D eigenvalue weighted by molar-refractivity contribution is 6.99. The van der Waals surface area contributed by atoms with Crippen LogP contribution < -0.4 is 15.1 Å². The Kier molecular flexibility index (Phi) is 8.15. The summed E-state index contributed by atoms with van der Waals surface area (Å²) in [6.45, 7) is 11.7. The monoisotopic (exact) mass is 599 g/mol. The maximum atomic E-state index is 12.4. The predicted molar refractivity (Wildman–Crippen MR) is 171 cm³/mol. The Labute approximate surface area is 255 Å². The smallest absolute Gasteiger partial charge is 0.303 e. The molecule has 0 saturated carbocycles. The van der Waals surface area contributed by atoms with Gasteiger partial charge in [0.05, 0.1) is 13.7 Å². The Hall–Kier alpha value is -3.72. The van der Waals surface area contributed by atoms with Crippen LogP contribution in [0.5, 0.6) is 5.75 Å². The van der Waals surface area contributed by atoms with Crippen molar-refractivity contribution in [1.82, 2.24) is 0 Å². The molecule has 8 heteroatoms. The van der Waals surface area contributed by atoms with Gasteiger partial charge in [0, 0.05) is 12.5 Å². The molecule has 226 valence electrons. The molecule has 1 aliphatic carbocycles. The molecule has 2 aliphatic rings. The molecule has 4 atom stereocenters. The molecule has 0 amide bonds. The van der Waals surface area contributed by atoms with Gasteiger partial charge in [0.1, 0.15) is 17.5 Å². The van der Waals surface area contributed by atoms with Crippen molar-refractivity contribution in [2.45, 2.75) is 69.9 Å². The van der Waals surface area contributed by atoms with Crippen molar-refractivity contribution in [2.24, 2.45) is 4.99 Å². The van der Waals surface area contributed by atoms with E-state index in [2.05, 4.69) is 45.0 Å². The van der Waals surface area contributed by atoms with Crippen LogP contribution in [0.4, 0.5) is 0 Å². The van der Waals surface area contributed by atoms with E-state index in [9.17, 15) is 9.90 Å². The van der Waals surface area contributed by atoms with E-state index in [1.165, 1.54) is 6.92 Å². The molecule has 1 N–H and O–H groups in total. The van der Waals surface area contributed by atoms with Crippen LogP contribution in [0.25, 0.3) is 0 Å². The molecule has 3 aromatic rings. The first-order chi connectivity index (χ1) is 20.4. The Morgan fingerprint density at radius 3 is 2.02 bits per heavy atom. The fourth-order valence-electron chi connectivity index (χ4n) is 6.65. The van der Waals surface area contributed by atoms with E-state index in [4.69, 9.17) is 23.6 Å². The van der Waals surface area contributed by atoms with E-state index in [-0.39, 0.29) is 11.6 Å². The maximum absolute atomic E-state index is 12.4. The van der Waals surface area contributed by atoms with Crippen molar-refractivity contribution < 1.29 is 28.5 Å².